The van der Waals surface area contributed by atoms with Crippen molar-refractivity contribution in [2.45, 2.75) is 18.9 Å². The van der Waals surface area contributed by atoms with Gasteiger partial charge in [0.2, 0.25) is 0 Å². The number of anilines is 1. The van der Waals surface area contributed by atoms with E-state index >= 15 is 0 Å². The van der Waals surface area contributed by atoms with Crippen molar-refractivity contribution in [2.75, 3.05) is 26.1 Å². The number of nitrogens with one attached hydrogen (secondary N) is 1. The molecule has 1 unspecified atom stereocenters. The van der Waals surface area contributed by atoms with Gasteiger partial charge in [-0.3, -0.25) is 0 Å². The molecule has 0 bridgehead atoms. The monoisotopic (exact) mass is 255 g/mol. The molecule has 1 fully saturated rings. The molecule has 1 saturated carbocycles. The molecule has 2 rings (SSSR count). The first kappa shape index (κ1) is 12.5. The zero-order valence-electron chi connectivity index (χ0n) is 10.2. The Bertz CT molecular complexity index is 380. The summed E-state index contributed by atoms with van der Waals surface area (Å²) in [4.78, 5) is 0. The van der Waals surface area contributed by atoms with Crippen LogP contribution in [0, 0.1) is 5.92 Å². The van der Waals surface area contributed by atoms with Crippen molar-refractivity contribution in [1.82, 2.24) is 0 Å². The summed E-state index contributed by atoms with van der Waals surface area (Å²) in [7, 11) is 3.36. The lowest BCUT2D eigenvalue weighted by atomic mass is 10.2. The van der Waals surface area contributed by atoms with Crippen LogP contribution < -0.4 is 10.1 Å². The SMILES string of the molecule is COCC(Nc1ccc(Cl)c(OC)c1)C1CC1. The van der Waals surface area contributed by atoms with E-state index in [0.717, 1.165) is 18.2 Å². The highest BCUT2D eigenvalue weighted by Crippen LogP contribution is 2.35. The molecule has 0 spiro atoms. The molecule has 1 aromatic rings. The minimum Gasteiger partial charge on any atom is -0.495 e. The maximum Gasteiger partial charge on any atom is 0.139 e. The Hall–Kier alpha value is -0.930. The Morgan fingerprint density at radius 3 is 2.76 bits per heavy atom. The molecule has 1 atom stereocenters. The van der Waals surface area contributed by atoms with Crippen LogP contribution in [0.25, 0.3) is 0 Å². The number of benzene rings is 1. The van der Waals surface area contributed by atoms with Crippen molar-refractivity contribution in [3.8, 4) is 5.75 Å². The normalized spacial score (nSPS) is 16.6. The van der Waals surface area contributed by atoms with Gasteiger partial charge in [0.15, 0.2) is 0 Å². The van der Waals surface area contributed by atoms with Crippen LogP contribution in [0.1, 0.15) is 12.8 Å². The lowest BCUT2D eigenvalue weighted by Crippen LogP contribution is -2.27. The van der Waals surface area contributed by atoms with Gasteiger partial charge in [-0.25, -0.2) is 0 Å². The van der Waals surface area contributed by atoms with Crippen LogP contribution in [-0.2, 0) is 4.74 Å². The van der Waals surface area contributed by atoms with Crippen LogP contribution in [-0.4, -0.2) is 26.9 Å². The molecule has 17 heavy (non-hydrogen) atoms. The van der Waals surface area contributed by atoms with Gasteiger partial charge in [-0.2, -0.15) is 0 Å². The summed E-state index contributed by atoms with van der Waals surface area (Å²) in [6, 6.07) is 6.12. The smallest absolute Gasteiger partial charge is 0.139 e. The third kappa shape index (κ3) is 3.27. The van der Waals surface area contributed by atoms with E-state index in [1.54, 1.807) is 14.2 Å². The molecular weight excluding hydrogens is 238 g/mol. The summed E-state index contributed by atoms with van der Waals surface area (Å²) in [5, 5.41) is 4.11. The molecule has 0 radical (unpaired) electrons. The lowest BCUT2D eigenvalue weighted by Gasteiger charge is -2.19. The molecule has 1 aliphatic rings. The van der Waals surface area contributed by atoms with Gasteiger partial charge in [-0.15, -0.1) is 0 Å². The predicted molar refractivity (Wildman–Crippen MR) is 70.0 cm³/mol. The van der Waals surface area contributed by atoms with Gasteiger partial charge in [0, 0.05) is 18.9 Å². The second-order valence-electron chi connectivity index (χ2n) is 4.39. The summed E-state index contributed by atoms with van der Waals surface area (Å²) in [5.41, 5.74) is 1.03. The second kappa shape index (κ2) is 5.61. The molecule has 94 valence electrons. The van der Waals surface area contributed by atoms with E-state index < -0.39 is 0 Å². The second-order valence-corrected chi connectivity index (χ2v) is 4.80. The van der Waals surface area contributed by atoms with Crippen LogP contribution in [0.15, 0.2) is 18.2 Å². The predicted octanol–water partition coefficient (Wildman–Crippen LogP) is 3.19. The Labute approximate surface area is 107 Å². The summed E-state index contributed by atoms with van der Waals surface area (Å²) in [6.07, 6.45) is 2.57. The van der Waals surface area contributed by atoms with E-state index in [1.165, 1.54) is 12.8 Å². The number of methoxy groups -OCH3 is 2. The fraction of sp³-hybridized carbons (Fsp3) is 0.538. The first-order valence-electron chi connectivity index (χ1n) is 5.83. The first-order chi connectivity index (χ1) is 8.24. The van der Waals surface area contributed by atoms with E-state index in [4.69, 9.17) is 21.1 Å². The molecule has 4 heteroatoms. The molecule has 0 heterocycles. The van der Waals surface area contributed by atoms with Crippen LogP contribution in [0.4, 0.5) is 5.69 Å². The van der Waals surface area contributed by atoms with Gasteiger partial charge >= 0.3 is 0 Å². The average molecular weight is 256 g/mol. The highest BCUT2D eigenvalue weighted by atomic mass is 35.5. The van der Waals surface area contributed by atoms with Crippen molar-refractivity contribution in [3.05, 3.63) is 23.2 Å². The minimum absolute atomic E-state index is 0.380. The summed E-state index contributed by atoms with van der Waals surface area (Å²) in [5.74, 6) is 1.43. The van der Waals surface area contributed by atoms with Crippen molar-refractivity contribution < 1.29 is 9.47 Å². The van der Waals surface area contributed by atoms with E-state index in [0.29, 0.717) is 16.8 Å². The molecule has 1 aliphatic carbocycles. The van der Waals surface area contributed by atoms with Crippen LogP contribution >= 0.6 is 11.6 Å². The van der Waals surface area contributed by atoms with Gasteiger partial charge in [-0.1, -0.05) is 11.6 Å². The van der Waals surface area contributed by atoms with Crippen LogP contribution in [0.5, 0.6) is 5.75 Å². The van der Waals surface area contributed by atoms with Crippen molar-refractivity contribution in [1.29, 1.82) is 0 Å². The molecule has 0 saturated heterocycles. The van der Waals surface area contributed by atoms with Gasteiger partial charge < -0.3 is 14.8 Å². The van der Waals surface area contributed by atoms with E-state index in [1.807, 2.05) is 18.2 Å². The number of halogens is 1. The molecule has 0 aromatic heterocycles. The van der Waals surface area contributed by atoms with Crippen LogP contribution in [0.2, 0.25) is 5.02 Å². The maximum atomic E-state index is 5.99. The van der Waals surface area contributed by atoms with Gasteiger partial charge in [0.1, 0.15) is 5.75 Å². The van der Waals surface area contributed by atoms with Crippen molar-refractivity contribution in [3.63, 3.8) is 0 Å². The van der Waals surface area contributed by atoms with Crippen molar-refractivity contribution in [2.24, 2.45) is 5.92 Å². The topological polar surface area (TPSA) is 30.5 Å². The maximum absolute atomic E-state index is 5.99. The first-order valence-corrected chi connectivity index (χ1v) is 6.21. The number of hydrogen-bond donors (Lipinski definition) is 1. The Morgan fingerprint density at radius 1 is 1.41 bits per heavy atom. The Balaban J connectivity index is 2.05. The zero-order chi connectivity index (χ0) is 12.3. The third-order valence-corrected chi connectivity index (χ3v) is 3.35. The molecule has 0 amide bonds. The van der Waals surface area contributed by atoms with E-state index in [2.05, 4.69) is 5.32 Å². The molecule has 0 aliphatic heterocycles. The highest BCUT2D eigenvalue weighted by molar-refractivity contribution is 6.32. The minimum atomic E-state index is 0.380. The highest BCUT2D eigenvalue weighted by Gasteiger charge is 2.31. The summed E-state index contributed by atoms with van der Waals surface area (Å²) >= 11 is 5.99. The molecular formula is C13H18ClNO2. The van der Waals surface area contributed by atoms with Gasteiger partial charge in [0.25, 0.3) is 0 Å². The standard InChI is InChI=1S/C13H18ClNO2/c1-16-8-12(9-3-4-9)15-10-5-6-11(14)13(7-10)17-2/h5-7,9,12,15H,3-4,8H2,1-2H3. The fourth-order valence-corrected chi connectivity index (χ4v) is 2.13. The molecule has 1 N–H and O–H groups in total. The quantitative estimate of drug-likeness (QED) is 0.847. The molecule has 3 nitrogen and oxygen atoms in total. The average Bonchev–Trinajstić information content (AvgIpc) is 3.15. The van der Waals surface area contributed by atoms with Crippen molar-refractivity contribution >= 4 is 17.3 Å². The van der Waals surface area contributed by atoms with E-state index in [9.17, 15) is 0 Å². The molecule has 1 aromatic carbocycles. The van der Waals surface area contributed by atoms with Gasteiger partial charge in [-0.05, 0) is 30.9 Å². The number of ether oxygens (including phenoxy) is 2. The zero-order valence-corrected chi connectivity index (χ0v) is 11.0. The number of rotatable bonds is 6. The Kier molecular flexibility index (Phi) is 4.13. The fourth-order valence-electron chi connectivity index (χ4n) is 1.94. The summed E-state index contributed by atoms with van der Waals surface area (Å²) < 4.78 is 10.4. The third-order valence-electron chi connectivity index (χ3n) is 3.04. The Morgan fingerprint density at radius 2 is 2.18 bits per heavy atom. The van der Waals surface area contributed by atoms with Gasteiger partial charge in [0.05, 0.1) is 24.8 Å². The largest absolute Gasteiger partial charge is 0.495 e. The van der Waals surface area contributed by atoms with E-state index in [-0.39, 0.29) is 0 Å². The number of hydrogen-bond acceptors (Lipinski definition) is 3. The summed E-state index contributed by atoms with van der Waals surface area (Å²) in [6.45, 7) is 0.732. The lowest BCUT2D eigenvalue weighted by molar-refractivity contribution is 0.179. The van der Waals surface area contributed by atoms with Crippen LogP contribution in [0.3, 0.4) is 0 Å².